The maximum absolute atomic E-state index is 9.27. The van der Waals surface area contributed by atoms with Crippen molar-refractivity contribution in [2.75, 3.05) is 0 Å². The van der Waals surface area contributed by atoms with Gasteiger partial charge in [0.2, 0.25) is 5.79 Å². The lowest BCUT2D eigenvalue weighted by Gasteiger charge is -2.14. The Bertz CT molecular complexity index is 267. The maximum Gasteiger partial charge on any atom is 0.221 e. The molecule has 1 heterocycles. The second kappa shape index (κ2) is 2.73. The minimum atomic E-state index is -1.93. The second-order valence-electron chi connectivity index (χ2n) is 2.20. The van der Waals surface area contributed by atoms with Crippen molar-refractivity contribution in [1.82, 2.24) is 4.98 Å². The fraction of sp³-hybridized carbons (Fsp3) is 0.286. The zero-order valence-electron chi connectivity index (χ0n) is 6.11. The van der Waals surface area contributed by atoms with E-state index in [-0.39, 0.29) is 0 Å². The molecule has 0 amide bonds. The molecule has 0 radical (unpaired) electrons. The number of rotatable bonds is 2. The summed E-state index contributed by atoms with van der Waals surface area (Å²) in [4.78, 5) is 4.31. The maximum atomic E-state index is 9.27. The summed E-state index contributed by atoms with van der Waals surface area (Å²) in [6.07, 6.45) is 1.08. The van der Waals surface area contributed by atoms with Crippen LogP contribution in [0, 0.1) is 6.92 Å². The lowest BCUT2D eigenvalue weighted by molar-refractivity contribution is -0.122. The van der Waals surface area contributed by atoms with Crippen LogP contribution in [0.5, 0.6) is 0 Å². The molecule has 60 valence electrons. The van der Waals surface area contributed by atoms with Gasteiger partial charge in [-0.05, 0) is 13.0 Å². The molecule has 0 saturated carbocycles. The van der Waals surface area contributed by atoms with Gasteiger partial charge < -0.3 is 10.2 Å². The monoisotopic (exact) mass is 171 g/mol. The third-order valence-electron chi connectivity index (χ3n) is 1.36. The Morgan fingerprint density at radius 3 is 2.73 bits per heavy atom. The SMILES string of the molecule is C=CC(O)(O)c1scnc1C. The fourth-order valence-electron chi connectivity index (χ4n) is 0.748. The molecule has 3 nitrogen and oxygen atoms in total. The first-order chi connectivity index (χ1) is 5.08. The first-order valence-corrected chi connectivity index (χ1v) is 3.95. The van der Waals surface area contributed by atoms with Gasteiger partial charge in [-0.15, -0.1) is 11.3 Å². The van der Waals surface area contributed by atoms with Gasteiger partial charge in [-0.1, -0.05) is 6.58 Å². The highest BCUT2D eigenvalue weighted by Gasteiger charge is 2.25. The van der Waals surface area contributed by atoms with Crippen LogP contribution in [-0.4, -0.2) is 15.2 Å². The third-order valence-corrected chi connectivity index (χ3v) is 2.41. The molecule has 1 aromatic heterocycles. The molecular weight excluding hydrogens is 162 g/mol. The Morgan fingerprint density at radius 2 is 2.36 bits per heavy atom. The average molecular weight is 171 g/mol. The molecule has 2 N–H and O–H groups in total. The van der Waals surface area contributed by atoms with E-state index in [1.807, 2.05) is 0 Å². The van der Waals surface area contributed by atoms with Crippen molar-refractivity contribution in [1.29, 1.82) is 0 Å². The summed E-state index contributed by atoms with van der Waals surface area (Å²) in [5.41, 5.74) is 2.19. The summed E-state index contributed by atoms with van der Waals surface area (Å²) in [7, 11) is 0. The van der Waals surface area contributed by atoms with Crippen LogP contribution in [0.3, 0.4) is 0 Å². The molecule has 1 rings (SSSR count). The summed E-state index contributed by atoms with van der Waals surface area (Å²) in [5.74, 6) is -1.93. The van der Waals surface area contributed by atoms with Gasteiger partial charge in [-0.3, -0.25) is 0 Å². The highest BCUT2D eigenvalue weighted by Crippen LogP contribution is 2.25. The smallest absolute Gasteiger partial charge is 0.221 e. The predicted octanol–water partition coefficient (Wildman–Crippen LogP) is 0.775. The molecule has 11 heavy (non-hydrogen) atoms. The Morgan fingerprint density at radius 1 is 1.73 bits per heavy atom. The number of hydrogen-bond donors (Lipinski definition) is 2. The van der Waals surface area contributed by atoms with E-state index in [0.717, 1.165) is 6.08 Å². The molecule has 0 unspecified atom stereocenters. The first-order valence-electron chi connectivity index (χ1n) is 3.07. The normalized spacial score (nSPS) is 11.5. The van der Waals surface area contributed by atoms with E-state index in [1.54, 1.807) is 12.4 Å². The highest BCUT2D eigenvalue weighted by molar-refractivity contribution is 7.09. The molecule has 0 atom stereocenters. The lowest BCUT2D eigenvalue weighted by Crippen LogP contribution is -2.20. The average Bonchev–Trinajstić information content (AvgIpc) is 2.36. The van der Waals surface area contributed by atoms with Gasteiger partial charge in [-0.25, -0.2) is 4.98 Å². The van der Waals surface area contributed by atoms with Gasteiger partial charge in [0, 0.05) is 0 Å². The van der Waals surface area contributed by atoms with Crippen LogP contribution in [0.25, 0.3) is 0 Å². The topological polar surface area (TPSA) is 53.4 Å². The van der Waals surface area contributed by atoms with Gasteiger partial charge in [0.1, 0.15) is 0 Å². The first kappa shape index (κ1) is 8.39. The number of thiazole rings is 1. The van der Waals surface area contributed by atoms with Crippen molar-refractivity contribution in [2.45, 2.75) is 12.7 Å². The Balaban J connectivity index is 3.10. The zero-order valence-corrected chi connectivity index (χ0v) is 6.93. The predicted molar refractivity (Wildman–Crippen MR) is 43.2 cm³/mol. The quantitative estimate of drug-likeness (QED) is 0.510. The molecule has 0 aliphatic heterocycles. The summed E-state index contributed by atoms with van der Waals surface area (Å²) in [6.45, 7) is 5.03. The summed E-state index contributed by atoms with van der Waals surface area (Å²) in [6, 6.07) is 0. The van der Waals surface area contributed by atoms with Gasteiger partial charge in [0.05, 0.1) is 16.1 Å². The Kier molecular flexibility index (Phi) is 2.08. The fourth-order valence-corrected chi connectivity index (χ4v) is 1.54. The van der Waals surface area contributed by atoms with Crippen LogP contribution in [0.2, 0.25) is 0 Å². The number of hydrogen-bond acceptors (Lipinski definition) is 4. The number of aliphatic hydroxyl groups is 2. The molecule has 4 heteroatoms. The van der Waals surface area contributed by atoms with Crippen LogP contribution in [0.1, 0.15) is 10.6 Å². The number of aryl methyl sites for hydroxylation is 1. The summed E-state index contributed by atoms with van der Waals surface area (Å²) < 4.78 is 0. The minimum absolute atomic E-state index is 0.424. The zero-order chi connectivity index (χ0) is 8.48. The van der Waals surface area contributed by atoms with Crippen molar-refractivity contribution in [3.8, 4) is 0 Å². The van der Waals surface area contributed by atoms with Crippen molar-refractivity contribution in [3.05, 3.63) is 28.7 Å². The molecule has 0 aliphatic rings. The van der Waals surface area contributed by atoms with Crippen LogP contribution in [0.15, 0.2) is 18.2 Å². The second-order valence-corrected chi connectivity index (χ2v) is 3.05. The molecular formula is C7H9NO2S. The summed E-state index contributed by atoms with van der Waals surface area (Å²) in [5, 5.41) is 18.5. The van der Waals surface area contributed by atoms with Crippen LogP contribution in [-0.2, 0) is 5.79 Å². The molecule has 0 fully saturated rings. The number of aromatic nitrogens is 1. The van der Waals surface area contributed by atoms with Gasteiger partial charge >= 0.3 is 0 Å². The Labute approximate surface area is 68.7 Å². The van der Waals surface area contributed by atoms with E-state index in [9.17, 15) is 10.2 Å². The third kappa shape index (κ3) is 1.48. The standard InChI is InChI=1S/C7H9NO2S/c1-3-7(9,10)6-5(2)8-4-11-6/h3-4,9-10H,1H2,2H3. The molecule has 0 bridgehead atoms. The minimum Gasteiger partial charge on any atom is -0.358 e. The van der Waals surface area contributed by atoms with E-state index in [2.05, 4.69) is 11.6 Å². The van der Waals surface area contributed by atoms with Crippen molar-refractivity contribution in [2.24, 2.45) is 0 Å². The van der Waals surface area contributed by atoms with Gasteiger partial charge in [-0.2, -0.15) is 0 Å². The van der Waals surface area contributed by atoms with Crippen molar-refractivity contribution >= 4 is 11.3 Å². The largest absolute Gasteiger partial charge is 0.358 e. The van der Waals surface area contributed by atoms with E-state index in [0.29, 0.717) is 10.6 Å². The van der Waals surface area contributed by atoms with Crippen molar-refractivity contribution < 1.29 is 10.2 Å². The molecule has 0 aliphatic carbocycles. The summed E-state index contributed by atoms with van der Waals surface area (Å²) >= 11 is 1.20. The van der Waals surface area contributed by atoms with Gasteiger partial charge in [0.15, 0.2) is 0 Å². The number of nitrogens with zero attached hydrogens (tertiary/aromatic N) is 1. The molecule has 1 aromatic rings. The lowest BCUT2D eigenvalue weighted by atomic mass is 10.2. The van der Waals surface area contributed by atoms with Crippen LogP contribution in [0.4, 0.5) is 0 Å². The molecule has 0 spiro atoms. The molecule has 0 aromatic carbocycles. The Hall–Kier alpha value is -0.710. The van der Waals surface area contributed by atoms with Crippen LogP contribution >= 0.6 is 11.3 Å². The highest BCUT2D eigenvalue weighted by atomic mass is 32.1. The van der Waals surface area contributed by atoms with Gasteiger partial charge in [0.25, 0.3) is 0 Å². The van der Waals surface area contributed by atoms with E-state index >= 15 is 0 Å². The van der Waals surface area contributed by atoms with Crippen LogP contribution < -0.4 is 0 Å². The van der Waals surface area contributed by atoms with E-state index < -0.39 is 5.79 Å². The van der Waals surface area contributed by atoms with E-state index in [4.69, 9.17) is 0 Å². The van der Waals surface area contributed by atoms with Crippen molar-refractivity contribution in [3.63, 3.8) is 0 Å². The molecule has 0 saturated heterocycles. The van der Waals surface area contributed by atoms with E-state index in [1.165, 1.54) is 11.3 Å².